The molecular weight excluding hydrogens is 467 g/mol. The molecule has 0 saturated carbocycles. The molecule has 3 rings (SSSR count). The molecule has 0 radical (unpaired) electrons. The Labute approximate surface area is 195 Å². The van der Waals surface area contributed by atoms with Gasteiger partial charge < -0.3 is 20.1 Å². The van der Waals surface area contributed by atoms with Gasteiger partial charge in [-0.15, -0.1) is 0 Å². The van der Waals surface area contributed by atoms with Crippen molar-refractivity contribution in [2.24, 2.45) is 7.05 Å². The van der Waals surface area contributed by atoms with Crippen molar-refractivity contribution in [3.05, 3.63) is 68.9 Å². The van der Waals surface area contributed by atoms with Crippen LogP contribution in [0.5, 0.6) is 5.75 Å². The van der Waals surface area contributed by atoms with E-state index in [9.17, 15) is 27.5 Å². The van der Waals surface area contributed by atoms with E-state index in [1.165, 1.54) is 29.9 Å². The lowest BCUT2D eigenvalue weighted by Crippen LogP contribution is -2.34. The van der Waals surface area contributed by atoms with Crippen molar-refractivity contribution in [1.29, 1.82) is 0 Å². The lowest BCUT2D eigenvalue weighted by molar-refractivity contribution is 0.0940. The number of rotatable bonds is 9. The van der Waals surface area contributed by atoms with Crippen LogP contribution in [0, 0.1) is 5.82 Å². The van der Waals surface area contributed by atoms with Gasteiger partial charge in [-0.1, -0.05) is 6.07 Å². The smallest absolute Gasteiger partial charge is 0.267 e. The van der Waals surface area contributed by atoms with Gasteiger partial charge in [-0.25, -0.2) is 12.8 Å². The van der Waals surface area contributed by atoms with Gasteiger partial charge in [0.1, 0.15) is 16.9 Å². The molecular formula is C22H25FN4O6S. The molecule has 10 nitrogen and oxygen atoms in total. The summed E-state index contributed by atoms with van der Waals surface area (Å²) < 4.78 is 37.7. The number of halogens is 1. The third kappa shape index (κ3) is 5.76. The third-order valence-electron chi connectivity index (χ3n) is 5.13. The molecule has 0 bridgehead atoms. The van der Waals surface area contributed by atoms with Gasteiger partial charge in [-0.2, -0.15) is 0 Å². The van der Waals surface area contributed by atoms with E-state index in [1.54, 1.807) is 12.1 Å². The molecule has 0 atom stereocenters. The fraction of sp³-hybridized carbons (Fsp3) is 0.318. The lowest BCUT2D eigenvalue weighted by atomic mass is 10.00. The molecule has 0 fully saturated rings. The minimum Gasteiger partial charge on any atom is -0.505 e. The average Bonchev–Trinajstić information content (AvgIpc) is 2.77. The zero-order valence-electron chi connectivity index (χ0n) is 18.6. The summed E-state index contributed by atoms with van der Waals surface area (Å²) in [7, 11) is -1.80. The monoisotopic (exact) mass is 492 g/mol. The van der Waals surface area contributed by atoms with E-state index in [2.05, 4.69) is 15.6 Å². The predicted octanol–water partition coefficient (Wildman–Crippen LogP) is 0.183. The fourth-order valence-corrected chi connectivity index (χ4v) is 3.98. The molecule has 0 spiro atoms. The van der Waals surface area contributed by atoms with Crippen LogP contribution in [0.4, 0.5) is 4.39 Å². The molecule has 0 saturated heterocycles. The number of aliphatic hydroxyl groups is 1. The number of aromatic hydroxyl groups is 1. The first-order valence-corrected chi connectivity index (χ1v) is 12.3. The van der Waals surface area contributed by atoms with E-state index < -0.39 is 38.4 Å². The summed E-state index contributed by atoms with van der Waals surface area (Å²) in [6, 6.07) is 5.83. The zero-order chi connectivity index (χ0) is 25.0. The Morgan fingerprint density at radius 1 is 1.24 bits per heavy atom. The van der Waals surface area contributed by atoms with E-state index in [0.29, 0.717) is 17.5 Å². The van der Waals surface area contributed by atoms with Crippen LogP contribution in [0.25, 0.3) is 11.0 Å². The Kier molecular flexibility index (Phi) is 7.64. The second-order valence-corrected chi connectivity index (χ2v) is 10.0. The van der Waals surface area contributed by atoms with Gasteiger partial charge in [-0.3, -0.25) is 19.9 Å². The van der Waals surface area contributed by atoms with Crippen molar-refractivity contribution < 1.29 is 27.8 Å². The van der Waals surface area contributed by atoms with Crippen LogP contribution in [0.15, 0.2) is 35.3 Å². The molecule has 2 aromatic heterocycles. The standard InChI is InChI=1S/C22H25FN4O6S/c1-27-17-8-13(7-14-3-4-16(23)9-15(14)11-24-12-34(2,32)33)10-26-19(17)20(29)18(22(27)31)21(30)25-5-6-28/h3-4,8-10,24,28-29H,5-7,11-12H2,1-2H3,(H,25,30). The number of fused-ring (bicyclic) bond motifs is 1. The third-order valence-corrected chi connectivity index (χ3v) is 5.86. The normalized spacial score (nSPS) is 11.6. The van der Waals surface area contributed by atoms with E-state index in [-0.39, 0.29) is 36.6 Å². The summed E-state index contributed by atoms with van der Waals surface area (Å²) in [5.41, 5.74) is 1.07. The Hall–Kier alpha value is -3.35. The Bertz CT molecular complexity index is 1400. The van der Waals surface area contributed by atoms with Crippen molar-refractivity contribution in [2.75, 3.05) is 25.3 Å². The number of amides is 1. The highest BCUT2D eigenvalue weighted by molar-refractivity contribution is 7.90. The van der Waals surface area contributed by atoms with E-state index in [1.807, 2.05) is 0 Å². The van der Waals surface area contributed by atoms with Crippen LogP contribution in [-0.4, -0.2) is 59.4 Å². The first kappa shape index (κ1) is 25.3. The van der Waals surface area contributed by atoms with Crippen LogP contribution >= 0.6 is 0 Å². The Morgan fingerprint density at radius 3 is 2.65 bits per heavy atom. The van der Waals surface area contributed by atoms with Gasteiger partial charge in [0, 0.05) is 32.6 Å². The van der Waals surface area contributed by atoms with Crippen molar-refractivity contribution >= 4 is 26.8 Å². The number of carbonyl (C=O) groups is 1. The van der Waals surface area contributed by atoms with Crippen molar-refractivity contribution in [2.45, 2.75) is 13.0 Å². The number of benzene rings is 1. The summed E-state index contributed by atoms with van der Waals surface area (Å²) >= 11 is 0. The lowest BCUT2D eigenvalue weighted by Gasteiger charge is -2.14. The quantitative estimate of drug-likeness (QED) is 0.330. The molecule has 4 N–H and O–H groups in total. The number of nitrogens with zero attached hydrogens (tertiary/aromatic N) is 2. The van der Waals surface area contributed by atoms with Gasteiger partial charge >= 0.3 is 0 Å². The fourth-order valence-electron chi connectivity index (χ4n) is 3.51. The molecule has 12 heteroatoms. The number of carbonyl (C=O) groups excluding carboxylic acids is 1. The molecule has 1 aromatic carbocycles. The summed E-state index contributed by atoms with van der Waals surface area (Å²) in [6.45, 7) is -0.269. The second kappa shape index (κ2) is 10.3. The molecule has 2 heterocycles. The number of sulfone groups is 1. The molecule has 34 heavy (non-hydrogen) atoms. The largest absolute Gasteiger partial charge is 0.505 e. The summed E-state index contributed by atoms with van der Waals surface area (Å²) in [5, 5.41) is 24.5. The number of aliphatic hydroxyl groups excluding tert-OH is 1. The number of hydrogen-bond acceptors (Lipinski definition) is 8. The van der Waals surface area contributed by atoms with Gasteiger partial charge in [0.15, 0.2) is 15.6 Å². The van der Waals surface area contributed by atoms with Crippen molar-refractivity contribution in [1.82, 2.24) is 20.2 Å². The maximum absolute atomic E-state index is 13.8. The van der Waals surface area contributed by atoms with E-state index in [0.717, 1.165) is 11.8 Å². The topological polar surface area (TPSA) is 151 Å². The Balaban J connectivity index is 1.96. The van der Waals surface area contributed by atoms with Gasteiger partial charge in [0.25, 0.3) is 11.5 Å². The van der Waals surface area contributed by atoms with Crippen LogP contribution in [-0.2, 0) is 29.9 Å². The first-order chi connectivity index (χ1) is 16.0. The molecule has 0 aliphatic heterocycles. The van der Waals surface area contributed by atoms with Gasteiger partial charge in [0.2, 0.25) is 0 Å². The maximum Gasteiger partial charge on any atom is 0.267 e. The number of aromatic nitrogens is 2. The predicted molar refractivity (Wildman–Crippen MR) is 124 cm³/mol. The molecule has 3 aromatic rings. The Morgan fingerprint density at radius 2 is 1.97 bits per heavy atom. The zero-order valence-corrected chi connectivity index (χ0v) is 19.4. The maximum atomic E-state index is 13.8. The highest BCUT2D eigenvalue weighted by atomic mass is 32.2. The van der Waals surface area contributed by atoms with E-state index >= 15 is 0 Å². The SMILES string of the molecule is Cn1c(=O)c(C(=O)NCCO)c(O)c2ncc(Cc3ccc(F)cc3CNCS(C)(=O)=O)cc21. The highest BCUT2D eigenvalue weighted by Gasteiger charge is 2.22. The van der Waals surface area contributed by atoms with Gasteiger partial charge in [0.05, 0.1) is 18.0 Å². The summed E-state index contributed by atoms with van der Waals surface area (Å²) in [5.74, 6) is -2.10. The van der Waals surface area contributed by atoms with Crippen LogP contribution in [0.3, 0.4) is 0 Å². The van der Waals surface area contributed by atoms with Crippen molar-refractivity contribution in [3.8, 4) is 5.75 Å². The van der Waals surface area contributed by atoms with Crippen LogP contribution < -0.4 is 16.2 Å². The first-order valence-electron chi connectivity index (χ1n) is 10.3. The minimum absolute atomic E-state index is 0.0501. The number of aryl methyl sites for hydroxylation is 1. The highest BCUT2D eigenvalue weighted by Crippen LogP contribution is 2.26. The molecule has 0 aliphatic carbocycles. The average molecular weight is 493 g/mol. The van der Waals surface area contributed by atoms with Crippen molar-refractivity contribution in [3.63, 3.8) is 0 Å². The summed E-state index contributed by atoms with van der Waals surface area (Å²) in [6.07, 6.45) is 2.86. The number of nitrogens with one attached hydrogen (secondary N) is 2. The molecule has 182 valence electrons. The number of hydrogen-bond donors (Lipinski definition) is 4. The van der Waals surface area contributed by atoms with Crippen LogP contribution in [0.1, 0.15) is 27.0 Å². The number of pyridine rings is 2. The second-order valence-electron chi connectivity index (χ2n) is 7.87. The molecule has 1 amide bonds. The van der Waals surface area contributed by atoms with E-state index in [4.69, 9.17) is 5.11 Å². The van der Waals surface area contributed by atoms with Gasteiger partial charge in [-0.05, 0) is 41.3 Å². The molecule has 0 aliphatic rings. The summed E-state index contributed by atoms with van der Waals surface area (Å²) in [4.78, 5) is 29.2. The van der Waals surface area contributed by atoms with Crippen LogP contribution in [0.2, 0.25) is 0 Å². The minimum atomic E-state index is -3.24. The molecule has 0 unspecified atom stereocenters.